The minimum Gasteiger partial charge on any atom is -0.481 e. The molecule has 4 fully saturated rings. The van der Waals surface area contributed by atoms with Gasteiger partial charge in [0.15, 0.2) is 0 Å². The summed E-state index contributed by atoms with van der Waals surface area (Å²) >= 11 is 0. The predicted molar refractivity (Wildman–Crippen MR) is 133 cm³/mol. The second kappa shape index (κ2) is 7.11. The van der Waals surface area contributed by atoms with Crippen LogP contribution >= 0.6 is 0 Å². The van der Waals surface area contributed by atoms with Crippen LogP contribution in [0.25, 0.3) is 0 Å². The average Bonchev–Trinajstić information content (AvgIpc) is 2.73. The number of rotatable bonds is 1. The first-order valence-electron chi connectivity index (χ1n) is 13.9. The Morgan fingerprint density at radius 1 is 0.909 bits per heavy atom. The third-order valence-electron chi connectivity index (χ3n) is 13.2. The van der Waals surface area contributed by atoms with Gasteiger partial charge in [-0.3, -0.25) is 4.79 Å². The van der Waals surface area contributed by atoms with Crippen LogP contribution in [-0.4, -0.2) is 22.3 Å². The molecule has 0 aromatic heterocycles. The smallest absolute Gasteiger partial charge is 0.314 e. The summed E-state index contributed by atoms with van der Waals surface area (Å²) in [5.41, 5.74) is 0.615. The normalized spacial score (nSPS) is 55.3. The summed E-state index contributed by atoms with van der Waals surface area (Å²) in [5, 5.41) is 22.0. The molecule has 2 N–H and O–H groups in total. The maximum Gasteiger partial charge on any atom is 0.314 e. The number of aliphatic hydroxyl groups is 1. The number of aliphatic hydroxyl groups excluding tert-OH is 1. The third kappa shape index (κ3) is 2.75. The van der Waals surface area contributed by atoms with Gasteiger partial charge in [0.05, 0.1) is 11.5 Å². The zero-order chi connectivity index (χ0) is 24.2. The fourth-order valence-corrected chi connectivity index (χ4v) is 11.0. The zero-order valence-corrected chi connectivity index (χ0v) is 22.2. The van der Waals surface area contributed by atoms with Crippen LogP contribution < -0.4 is 0 Å². The number of carboxylic acid groups (broad SMARTS) is 1. The van der Waals surface area contributed by atoms with E-state index < -0.39 is 11.4 Å². The zero-order valence-electron chi connectivity index (χ0n) is 22.2. The molecule has 0 bridgehead atoms. The van der Waals surface area contributed by atoms with Gasteiger partial charge in [0.1, 0.15) is 0 Å². The summed E-state index contributed by atoms with van der Waals surface area (Å²) in [6.07, 6.45) is 11.5. The Morgan fingerprint density at radius 3 is 2.27 bits per heavy atom. The minimum absolute atomic E-state index is 0.0897. The van der Waals surface area contributed by atoms with Crippen molar-refractivity contribution in [1.82, 2.24) is 0 Å². The van der Waals surface area contributed by atoms with Crippen molar-refractivity contribution in [2.24, 2.45) is 56.7 Å². The van der Waals surface area contributed by atoms with E-state index in [-0.39, 0.29) is 27.8 Å². The van der Waals surface area contributed by atoms with Gasteiger partial charge in [0.2, 0.25) is 0 Å². The molecule has 0 amide bonds. The van der Waals surface area contributed by atoms with Crippen LogP contribution in [0.1, 0.15) is 106 Å². The van der Waals surface area contributed by atoms with Crippen LogP contribution in [0.15, 0.2) is 11.6 Å². The van der Waals surface area contributed by atoms with Crippen molar-refractivity contribution in [1.29, 1.82) is 0 Å². The van der Waals surface area contributed by atoms with Gasteiger partial charge < -0.3 is 10.2 Å². The third-order valence-corrected chi connectivity index (χ3v) is 13.2. The van der Waals surface area contributed by atoms with Crippen molar-refractivity contribution in [3.05, 3.63) is 11.6 Å². The van der Waals surface area contributed by atoms with Crippen molar-refractivity contribution in [3.8, 4) is 0 Å². The number of hydrogen-bond acceptors (Lipinski definition) is 2. The van der Waals surface area contributed by atoms with Gasteiger partial charge in [0, 0.05) is 0 Å². The van der Waals surface area contributed by atoms with Crippen LogP contribution in [0.5, 0.6) is 0 Å². The summed E-state index contributed by atoms with van der Waals surface area (Å²) in [6, 6.07) is 0. The molecule has 10 atom stereocenters. The molecule has 186 valence electrons. The van der Waals surface area contributed by atoms with E-state index in [1.165, 1.54) is 18.4 Å². The highest BCUT2D eigenvalue weighted by atomic mass is 16.4. The second-order valence-electron chi connectivity index (χ2n) is 14.6. The van der Waals surface area contributed by atoms with E-state index in [9.17, 15) is 15.0 Å². The van der Waals surface area contributed by atoms with Gasteiger partial charge in [-0.15, -0.1) is 0 Å². The lowest BCUT2D eigenvalue weighted by Gasteiger charge is -2.70. The van der Waals surface area contributed by atoms with Gasteiger partial charge >= 0.3 is 5.97 Å². The van der Waals surface area contributed by atoms with Crippen LogP contribution in [0, 0.1) is 56.7 Å². The summed E-state index contributed by atoms with van der Waals surface area (Å²) in [6.45, 7) is 16.6. The first-order chi connectivity index (χ1) is 15.3. The Morgan fingerprint density at radius 2 is 1.61 bits per heavy atom. The maximum atomic E-state index is 13.5. The molecule has 0 spiro atoms. The van der Waals surface area contributed by atoms with E-state index >= 15 is 0 Å². The first kappa shape index (κ1) is 23.9. The van der Waals surface area contributed by atoms with Gasteiger partial charge in [-0.1, -0.05) is 60.1 Å². The van der Waals surface area contributed by atoms with Gasteiger partial charge in [-0.2, -0.15) is 0 Å². The first-order valence-corrected chi connectivity index (χ1v) is 13.9. The molecule has 0 saturated heterocycles. The lowest BCUT2D eigenvalue weighted by molar-refractivity contribution is -0.214. The monoisotopic (exact) mass is 456 g/mol. The fourth-order valence-electron chi connectivity index (χ4n) is 11.0. The van der Waals surface area contributed by atoms with Crippen LogP contribution in [-0.2, 0) is 4.79 Å². The van der Waals surface area contributed by atoms with E-state index in [2.05, 4.69) is 54.5 Å². The highest BCUT2D eigenvalue weighted by molar-refractivity contribution is 5.81. The van der Waals surface area contributed by atoms with E-state index in [1.54, 1.807) is 0 Å². The van der Waals surface area contributed by atoms with Crippen molar-refractivity contribution in [2.75, 3.05) is 0 Å². The second-order valence-corrected chi connectivity index (χ2v) is 14.6. The van der Waals surface area contributed by atoms with Gasteiger partial charge in [0.25, 0.3) is 0 Å². The Labute approximate surface area is 201 Å². The molecular formula is C30H48O3. The summed E-state index contributed by atoms with van der Waals surface area (Å²) in [5.74, 6) is 1.88. The molecule has 33 heavy (non-hydrogen) atoms. The van der Waals surface area contributed by atoms with Crippen molar-refractivity contribution in [3.63, 3.8) is 0 Å². The van der Waals surface area contributed by atoms with Crippen LogP contribution in [0.3, 0.4) is 0 Å². The molecule has 0 radical (unpaired) electrons. The average molecular weight is 457 g/mol. The molecule has 4 saturated carbocycles. The largest absolute Gasteiger partial charge is 0.481 e. The molecule has 5 aliphatic rings. The summed E-state index contributed by atoms with van der Waals surface area (Å²) in [7, 11) is 0. The summed E-state index contributed by atoms with van der Waals surface area (Å²) < 4.78 is 0. The number of hydrogen-bond donors (Lipinski definition) is 2. The van der Waals surface area contributed by atoms with E-state index in [0.29, 0.717) is 29.6 Å². The molecular weight excluding hydrogens is 408 g/mol. The Balaban J connectivity index is 1.66. The molecule has 3 heteroatoms. The number of allylic oxidation sites excluding steroid dienone is 1. The Hall–Kier alpha value is -0.830. The van der Waals surface area contributed by atoms with Crippen molar-refractivity contribution in [2.45, 2.75) is 112 Å². The highest BCUT2D eigenvalue weighted by Gasteiger charge is 2.71. The van der Waals surface area contributed by atoms with Gasteiger partial charge in [-0.05, 0) is 109 Å². The molecule has 0 aromatic carbocycles. The SMILES string of the molecule is C[C@@H]1CC[C@]2(C)CC[C@]3(C(=O)O)C(=CC[C@@H]4[C@@]5(C)CC[C@H](O)C(C)(C)C5CC[C@]43C)C2[C@H]1C. The van der Waals surface area contributed by atoms with Crippen molar-refractivity contribution >= 4 is 5.97 Å². The number of fused-ring (bicyclic) bond motifs is 7. The molecule has 3 nitrogen and oxygen atoms in total. The van der Waals surface area contributed by atoms with Crippen LogP contribution in [0.4, 0.5) is 0 Å². The number of aliphatic carboxylic acids is 1. The topological polar surface area (TPSA) is 57.5 Å². The van der Waals surface area contributed by atoms with Crippen LogP contribution in [0.2, 0.25) is 0 Å². The molecule has 2 unspecified atom stereocenters. The molecule has 0 aliphatic heterocycles. The standard InChI is InChI=1S/C30H48O3/c1-18-10-13-27(5)16-17-30(25(32)33)20(24(27)19(18)2)8-9-22-28(6)14-12-23(31)26(3,4)21(28)11-15-29(22,30)7/h8,18-19,21-24,31H,9-17H2,1-7H3,(H,32,33)/t18-,19+,21?,22-,23+,24?,27-,28+,29-,30-/m1/s1. The molecule has 0 aromatic rings. The molecule has 5 aliphatic carbocycles. The van der Waals surface area contributed by atoms with E-state index in [4.69, 9.17) is 0 Å². The quantitative estimate of drug-likeness (QED) is 0.414. The maximum absolute atomic E-state index is 13.5. The Kier molecular flexibility index (Phi) is 5.15. The fraction of sp³-hybridized carbons (Fsp3) is 0.900. The number of carboxylic acids is 1. The van der Waals surface area contributed by atoms with Gasteiger partial charge in [-0.25, -0.2) is 0 Å². The Bertz CT molecular complexity index is 874. The van der Waals surface area contributed by atoms with E-state index in [1.807, 2.05) is 0 Å². The molecule has 5 rings (SSSR count). The summed E-state index contributed by atoms with van der Waals surface area (Å²) in [4.78, 5) is 13.5. The lowest BCUT2D eigenvalue weighted by atomic mass is 9.33. The number of carbonyl (C=O) groups is 1. The molecule has 0 heterocycles. The highest BCUT2D eigenvalue weighted by Crippen LogP contribution is 2.75. The lowest BCUT2D eigenvalue weighted by Crippen LogP contribution is -2.67. The van der Waals surface area contributed by atoms with E-state index in [0.717, 1.165) is 44.9 Å². The minimum atomic E-state index is -0.723. The predicted octanol–water partition coefficient (Wildman–Crippen LogP) is 7.09. The van der Waals surface area contributed by atoms with Crippen molar-refractivity contribution < 1.29 is 15.0 Å².